The highest BCUT2D eigenvalue weighted by molar-refractivity contribution is 7.46. The van der Waals surface area contributed by atoms with Crippen LogP contribution in [0.4, 0.5) is 0 Å². The van der Waals surface area contributed by atoms with Gasteiger partial charge in [0.2, 0.25) is 0 Å². The summed E-state index contributed by atoms with van der Waals surface area (Å²) >= 11 is 12.8. The first kappa shape index (κ1) is 15.1. The van der Waals surface area contributed by atoms with Crippen molar-refractivity contribution < 1.29 is 0 Å². The molecule has 1 heterocycles. The van der Waals surface area contributed by atoms with Gasteiger partial charge in [0, 0.05) is 0 Å². The summed E-state index contributed by atoms with van der Waals surface area (Å²) in [5.41, 5.74) is 0. The third-order valence-electron chi connectivity index (χ3n) is 4.16. The average molecular weight is 297 g/mol. The molecule has 0 nitrogen and oxygen atoms in total. The summed E-state index contributed by atoms with van der Waals surface area (Å²) in [6.45, 7) is 2.85. The van der Waals surface area contributed by atoms with E-state index in [1.54, 1.807) is 12.1 Å². The summed E-state index contributed by atoms with van der Waals surface area (Å²) < 4.78 is 0. The summed E-state index contributed by atoms with van der Waals surface area (Å²) in [5, 5.41) is 0. The lowest BCUT2D eigenvalue weighted by molar-refractivity contribution is 0.810. The molecule has 4 heteroatoms. The van der Waals surface area contributed by atoms with E-state index in [0.717, 1.165) is 0 Å². The van der Waals surface area contributed by atoms with Crippen LogP contribution in [0.25, 0.3) is 0 Å². The van der Waals surface area contributed by atoms with Crippen LogP contribution in [0.2, 0.25) is 36.3 Å². The van der Waals surface area contributed by atoms with E-state index in [1.807, 2.05) is 0 Å². The van der Waals surface area contributed by atoms with Crippen LogP contribution >= 0.6 is 22.2 Å². The molecule has 0 unspecified atom stereocenters. The van der Waals surface area contributed by atoms with Gasteiger partial charge in [-0.1, -0.05) is 63.7 Å². The van der Waals surface area contributed by atoms with Crippen molar-refractivity contribution in [3.8, 4) is 0 Å². The molecule has 0 spiro atoms. The Kier molecular flexibility index (Phi) is 6.42. The molecule has 1 rings (SSSR count). The Morgan fingerprint density at radius 3 is 1.62 bits per heavy atom. The Hall–Kier alpha value is 1.01. The van der Waals surface area contributed by atoms with Gasteiger partial charge in [0.05, 0.1) is 8.07 Å². The highest BCUT2D eigenvalue weighted by Crippen LogP contribution is 2.45. The largest absolute Gasteiger partial charge is 0.250 e. The first-order valence-corrected chi connectivity index (χ1v) is 14.2. The van der Waals surface area contributed by atoms with Crippen molar-refractivity contribution in [2.45, 2.75) is 75.8 Å². The van der Waals surface area contributed by atoms with Crippen LogP contribution in [0.1, 0.15) is 39.5 Å². The van der Waals surface area contributed by atoms with Gasteiger partial charge in [-0.05, 0) is 12.1 Å². The molecule has 0 saturated carbocycles. The lowest BCUT2D eigenvalue weighted by Gasteiger charge is -2.39. The quantitative estimate of drug-likeness (QED) is 0.418. The van der Waals surface area contributed by atoms with Gasteiger partial charge >= 0.3 is 0 Å². The molecule has 0 radical (unpaired) electrons. The SMILES string of the molecule is CCCC[Si]1(CCCC)CC[Si](Cl)(Cl)CC1. The molecule has 1 aliphatic heterocycles. The van der Waals surface area contributed by atoms with Crippen molar-refractivity contribution in [3.05, 3.63) is 0 Å². The Labute approximate surface area is 113 Å². The number of hydrogen-bond acceptors (Lipinski definition) is 0. The first-order valence-electron chi connectivity index (χ1n) is 6.91. The lowest BCUT2D eigenvalue weighted by Crippen LogP contribution is -2.42. The van der Waals surface area contributed by atoms with Crippen molar-refractivity contribution in [1.29, 1.82) is 0 Å². The van der Waals surface area contributed by atoms with E-state index < -0.39 is 14.8 Å². The minimum absolute atomic E-state index is 0.948. The molecule has 0 aromatic rings. The van der Waals surface area contributed by atoms with Crippen LogP contribution in [0.15, 0.2) is 0 Å². The smallest absolute Gasteiger partial charge is 0.146 e. The Bertz CT molecular complexity index is 187. The zero-order valence-corrected chi connectivity index (χ0v) is 14.3. The van der Waals surface area contributed by atoms with Crippen LogP contribution in [-0.4, -0.2) is 14.8 Å². The fourth-order valence-corrected chi connectivity index (χ4v) is 17.4. The zero-order chi connectivity index (χ0) is 12.1. The number of hydrogen-bond donors (Lipinski definition) is 0. The molecule has 0 aliphatic carbocycles. The molecule has 1 fully saturated rings. The molecule has 0 bridgehead atoms. The van der Waals surface area contributed by atoms with Gasteiger partial charge in [0.25, 0.3) is 6.69 Å². The molecule has 1 saturated heterocycles. The summed E-state index contributed by atoms with van der Waals surface area (Å²) in [5.74, 6) is 0. The monoisotopic (exact) mass is 296 g/mol. The summed E-state index contributed by atoms with van der Waals surface area (Å²) in [7, 11) is -0.948. The maximum atomic E-state index is 6.39. The summed E-state index contributed by atoms with van der Waals surface area (Å²) in [6, 6.07) is 8.34. The Morgan fingerprint density at radius 2 is 1.25 bits per heavy atom. The lowest BCUT2D eigenvalue weighted by atomic mass is 10.4. The molecule has 1 aliphatic rings. The van der Waals surface area contributed by atoms with Gasteiger partial charge in [0.1, 0.15) is 0 Å². The van der Waals surface area contributed by atoms with Crippen molar-refractivity contribution in [1.82, 2.24) is 0 Å². The van der Waals surface area contributed by atoms with Crippen LogP contribution in [0, 0.1) is 0 Å². The third kappa shape index (κ3) is 4.71. The Morgan fingerprint density at radius 1 is 0.812 bits per heavy atom. The van der Waals surface area contributed by atoms with Crippen LogP contribution < -0.4 is 0 Å². The molecule has 16 heavy (non-hydrogen) atoms. The standard InChI is InChI=1S/C12H26Cl2Si2/c1-3-5-7-15(8-6-4-2)9-11-16(13,14)12-10-15/h3-12H2,1-2H3. The second kappa shape index (κ2) is 6.82. The average Bonchev–Trinajstić information content (AvgIpc) is 2.27. The van der Waals surface area contributed by atoms with Crippen LogP contribution in [0.5, 0.6) is 0 Å². The number of rotatable bonds is 6. The zero-order valence-electron chi connectivity index (χ0n) is 10.8. The molecule has 0 aromatic heterocycles. The maximum absolute atomic E-state index is 6.39. The number of halogens is 2. The van der Waals surface area contributed by atoms with E-state index >= 15 is 0 Å². The molecular weight excluding hydrogens is 271 g/mol. The first-order chi connectivity index (χ1) is 7.54. The highest BCUT2D eigenvalue weighted by Gasteiger charge is 2.43. The minimum atomic E-state index is -1.78. The van der Waals surface area contributed by atoms with Crippen LogP contribution in [0.3, 0.4) is 0 Å². The fourth-order valence-electron chi connectivity index (χ4n) is 2.87. The molecule has 96 valence electrons. The van der Waals surface area contributed by atoms with E-state index in [0.29, 0.717) is 0 Å². The predicted molar refractivity (Wildman–Crippen MR) is 81.9 cm³/mol. The van der Waals surface area contributed by atoms with E-state index in [-0.39, 0.29) is 0 Å². The molecular formula is C12H26Cl2Si2. The van der Waals surface area contributed by atoms with Gasteiger partial charge in [-0.2, -0.15) is 0 Å². The second-order valence-electron chi connectivity index (χ2n) is 5.56. The maximum Gasteiger partial charge on any atom is 0.250 e. The van der Waals surface area contributed by atoms with Gasteiger partial charge in [-0.3, -0.25) is 0 Å². The van der Waals surface area contributed by atoms with Gasteiger partial charge in [0.15, 0.2) is 0 Å². The summed E-state index contributed by atoms with van der Waals surface area (Å²) in [4.78, 5) is 0. The van der Waals surface area contributed by atoms with E-state index in [2.05, 4.69) is 13.8 Å². The third-order valence-corrected chi connectivity index (χ3v) is 14.8. The topological polar surface area (TPSA) is 0 Å². The normalized spacial score (nSPS) is 23.2. The molecule has 0 N–H and O–H groups in total. The van der Waals surface area contributed by atoms with Gasteiger partial charge in [-0.25, -0.2) is 0 Å². The van der Waals surface area contributed by atoms with E-state index in [4.69, 9.17) is 22.2 Å². The summed E-state index contributed by atoms with van der Waals surface area (Å²) in [6.07, 6.45) is 5.58. The second-order valence-corrected chi connectivity index (χ2v) is 18.2. The fraction of sp³-hybridized carbons (Fsp3) is 1.00. The molecule has 0 amide bonds. The van der Waals surface area contributed by atoms with Crippen molar-refractivity contribution in [2.75, 3.05) is 0 Å². The number of unbranched alkanes of at least 4 members (excludes halogenated alkanes) is 2. The van der Waals surface area contributed by atoms with Crippen LogP contribution in [-0.2, 0) is 0 Å². The Balaban J connectivity index is 2.51. The van der Waals surface area contributed by atoms with E-state index in [1.165, 1.54) is 49.9 Å². The predicted octanol–water partition coefficient (Wildman–Crippen LogP) is 5.97. The van der Waals surface area contributed by atoms with E-state index in [9.17, 15) is 0 Å². The minimum Gasteiger partial charge on any atom is -0.146 e. The van der Waals surface area contributed by atoms with Gasteiger partial charge < -0.3 is 0 Å². The van der Waals surface area contributed by atoms with Crippen molar-refractivity contribution >= 4 is 36.9 Å². The molecule has 0 atom stereocenters. The molecule has 0 aromatic carbocycles. The van der Waals surface area contributed by atoms with Gasteiger partial charge in [-0.15, -0.1) is 22.2 Å². The van der Waals surface area contributed by atoms with Crippen molar-refractivity contribution in [3.63, 3.8) is 0 Å². The van der Waals surface area contributed by atoms with Crippen molar-refractivity contribution in [2.24, 2.45) is 0 Å². The highest BCUT2D eigenvalue weighted by atomic mass is 35.7.